The maximum absolute atomic E-state index is 12.6. The smallest absolute Gasteiger partial charge is 0.228 e. The molecule has 1 aromatic carbocycles. The molecule has 2 aliphatic heterocycles. The summed E-state index contributed by atoms with van der Waals surface area (Å²) in [6.07, 6.45) is 7.34. The number of carbonyl (C=O) groups is 2. The van der Waals surface area contributed by atoms with Gasteiger partial charge in [-0.05, 0) is 99.8 Å². The molecule has 5 rings (SSSR count). The number of amides is 2. The van der Waals surface area contributed by atoms with E-state index in [0.717, 1.165) is 74.4 Å². The molecule has 38 heavy (non-hydrogen) atoms. The van der Waals surface area contributed by atoms with Crippen molar-refractivity contribution in [2.24, 2.45) is 5.92 Å². The molecule has 8 nitrogen and oxygen atoms in total. The van der Waals surface area contributed by atoms with Gasteiger partial charge in [-0.15, -0.1) is 0 Å². The predicted octanol–water partition coefficient (Wildman–Crippen LogP) is 4.22. The number of nitrogens with one attached hydrogen (secondary N) is 1. The summed E-state index contributed by atoms with van der Waals surface area (Å²) in [5, 5.41) is 13.8. The van der Waals surface area contributed by atoms with Gasteiger partial charge in [0.15, 0.2) is 0 Å². The molecule has 1 aromatic heterocycles. The van der Waals surface area contributed by atoms with E-state index in [-0.39, 0.29) is 11.8 Å². The van der Waals surface area contributed by atoms with Gasteiger partial charge in [-0.3, -0.25) is 19.4 Å². The number of ether oxygens (including phenoxy) is 1. The Bertz CT molecular complexity index is 1180. The van der Waals surface area contributed by atoms with Crippen LogP contribution in [-0.4, -0.2) is 65.2 Å². The van der Waals surface area contributed by atoms with E-state index >= 15 is 0 Å². The molecular formula is C29H37ClN4O4. The number of hydrogen-bond donors (Lipinski definition) is 2. The minimum absolute atomic E-state index is 0.0296. The Hall–Kier alpha value is -2.68. The fourth-order valence-corrected chi connectivity index (χ4v) is 6.12. The summed E-state index contributed by atoms with van der Waals surface area (Å²) in [5.41, 5.74) is 2.36. The first-order chi connectivity index (χ1) is 18.3. The lowest BCUT2D eigenvalue weighted by Crippen LogP contribution is -2.48. The molecule has 0 atom stereocenters. The van der Waals surface area contributed by atoms with Gasteiger partial charge in [0.25, 0.3) is 0 Å². The van der Waals surface area contributed by atoms with Gasteiger partial charge in [0.05, 0.1) is 11.8 Å². The number of aliphatic hydroxyl groups is 1. The highest BCUT2D eigenvalue weighted by Crippen LogP contribution is 2.39. The van der Waals surface area contributed by atoms with E-state index in [9.17, 15) is 14.7 Å². The van der Waals surface area contributed by atoms with Crippen molar-refractivity contribution < 1.29 is 19.4 Å². The standard InChI is InChI=1S/C29H37ClN4O4/c1-29(37)16-20(17-29)19-34-27(36)9-6-22-15-24(18-31-28(22)34)38-13-12-33-10-2-4-21-14-23(30)7-8-25(21)32-26(35)5-3-11-33/h7-8,14-15,18,20,37H,2-6,9-13,16-17,19H2,1H3,(H,32,35). The van der Waals surface area contributed by atoms with Crippen LogP contribution < -0.4 is 15.0 Å². The molecule has 2 aromatic rings. The first-order valence-corrected chi connectivity index (χ1v) is 14.1. The number of hydrogen-bond acceptors (Lipinski definition) is 6. The number of benzene rings is 1. The molecule has 1 saturated carbocycles. The number of aryl methyl sites for hydroxylation is 2. The molecule has 204 valence electrons. The quantitative estimate of drug-likeness (QED) is 0.569. The fraction of sp³-hybridized carbons (Fsp3) is 0.552. The minimum atomic E-state index is -0.605. The highest BCUT2D eigenvalue weighted by atomic mass is 35.5. The van der Waals surface area contributed by atoms with Crippen molar-refractivity contribution in [1.82, 2.24) is 9.88 Å². The molecule has 3 aliphatic rings. The molecule has 0 radical (unpaired) electrons. The van der Waals surface area contributed by atoms with Gasteiger partial charge in [-0.25, -0.2) is 4.98 Å². The molecular weight excluding hydrogens is 504 g/mol. The van der Waals surface area contributed by atoms with Crippen LogP contribution in [0.2, 0.25) is 5.02 Å². The van der Waals surface area contributed by atoms with E-state index in [0.29, 0.717) is 49.1 Å². The zero-order valence-electron chi connectivity index (χ0n) is 22.0. The van der Waals surface area contributed by atoms with Gasteiger partial charge in [0.1, 0.15) is 18.2 Å². The SMILES string of the molecule is CC1(O)CC(CN2C(=O)CCc3cc(OCCN4CCCC(=O)Nc5ccc(Cl)cc5CCC4)cnc32)C1. The maximum atomic E-state index is 12.6. The summed E-state index contributed by atoms with van der Waals surface area (Å²) in [4.78, 5) is 33.8. The monoisotopic (exact) mass is 540 g/mol. The molecule has 2 N–H and O–H groups in total. The zero-order chi connectivity index (χ0) is 26.7. The van der Waals surface area contributed by atoms with E-state index < -0.39 is 5.60 Å². The van der Waals surface area contributed by atoms with Crippen LogP contribution in [0.15, 0.2) is 30.5 Å². The van der Waals surface area contributed by atoms with Crippen molar-refractivity contribution >= 4 is 34.9 Å². The van der Waals surface area contributed by atoms with Crippen LogP contribution in [-0.2, 0) is 22.4 Å². The van der Waals surface area contributed by atoms with E-state index in [1.54, 1.807) is 11.1 Å². The van der Waals surface area contributed by atoms with Crippen LogP contribution >= 0.6 is 11.6 Å². The first kappa shape index (κ1) is 26.9. The highest BCUT2D eigenvalue weighted by Gasteiger charge is 2.40. The predicted molar refractivity (Wildman–Crippen MR) is 148 cm³/mol. The average Bonchev–Trinajstić information content (AvgIpc) is 2.88. The third-order valence-corrected chi connectivity index (χ3v) is 8.03. The third-order valence-electron chi connectivity index (χ3n) is 7.80. The van der Waals surface area contributed by atoms with Gasteiger partial charge in [-0.2, -0.15) is 0 Å². The van der Waals surface area contributed by atoms with Crippen LogP contribution in [0.5, 0.6) is 5.75 Å². The summed E-state index contributed by atoms with van der Waals surface area (Å²) in [6, 6.07) is 7.65. The fourth-order valence-electron chi connectivity index (χ4n) is 5.93. The largest absolute Gasteiger partial charge is 0.491 e. The van der Waals surface area contributed by atoms with Crippen molar-refractivity contribution in [3.8, 4) is 5.75 Å². The van der Waals surface area contributed by atoms with E-state index in [1.807, 2.05) is 31.2 Å². The van der Waals surface area contributed by atoms with E-state index in [2.05, 4.69) is 15.2 Å². The Morgan fingerprint density at radius 1 is 1.11 bits per heavy atom. The summed E-state index contributed by atoms with van der Waals surface area (Å²) in [7, 11) is 0. The Morgan fingerprint density at radius 2 is 1.89 bits per heavy atom. The van der Waals surface area contributed by atoms with Crippen molar-refractivity contribution in [2.45, 2.75) is 63.9 Å². The molecule has 1 fully saturated rings. The highest BCUT2D eigenvalue weighted by molar-refractivity contribution is 6.30. The van der Waals surface area contributed by atoms with Crippen molar-refractivity contribution in [3.05, 3.63) is 46.6 Å². The Morgan fingerprint density at radius 3 is 2.68 bits per heavy atom. The number of pyridine rings is 1. The number of carbonyl (C=O) groups excluding carboxylic acids is 2. The lowest BCUT2D eigenvalue weighted by atomic mass is 9.72. The number of nitrogens with zero attached hydrogens (tertiary/aromatic N) is 3. The number of anilines is 2. The number of halogens is 1. The van der Waals surface area contributed by atoms with Crippen LogP contribution in [0.1, 0.15) is 56.6 Å². The maximum Gasteiger partial charge on any atom is 0.228 e. The number of fused-ring (bicyclic) bond motifs is 2. The summed E-state index contributed by atoms with van der Waals surface area (Å²) >= 11 is 6.20. The van der Waals surface area contributed by atoms with Gasteiger partial charge >= 0.3 is 0 Å². The van der Waals surface area contributed by atoms with Crippen molar-refractivity contribution in [1.29, 1.82) is 0 Å². The normalized spacial score (nSPS) is 24.5. The number of aromatic nitrogens is 1. The molecule has 0 spiro atoms. The molecule has 9 heteroatoms. The summed E-state index contributed by atoms with van der Waals surface area (Å²) in [6.45, 7) is 5.49. The van der Waals surface area contributed by atoms with Crippen LogP contribution in [0.4, 0.5) is 11.5 Å². The summed E-state index contributed by atoms with van der Waals surface area (Å²) in [5.74, 6) is 1.88. The molecule has 0 saturated heterocycles. The van der Waals surface area contributed by atoms with Gasteiger partial charge < -0.3 is 15.2 Å². The van der Waals surface area contributed by atoms with Gasteiger partial charge in [0.2, 0.25) is 11.8 Å². The van der Waals surface area contributed by atoms with Gasteiger partial charge in [0, 0.05) is 36.6 Å². The minimum Gasteiger partial charge on any atom is -0.491 e. The summed E-state index contributed by atoms with van der Waals surface area (Å²) < 4.78 is 6.09. The topological polar surface area (TPSA) is 95.0 Å². The second-order valence-electron chi connectivity index (χ2n) is 11.2. The number of rotatable bonds is 6. The lowest BCUT2D eigenvalue weighted by Gasteiger charge is -2.43. The Balaban J connectivity index is 1.15. The molecule has 3 heterocycles. The van der Waals surface area contributed by atoms with E-state index in [4.69, 9.17) is 16.3 Å². The van der Waals surface area contributed by atoms with Crippen LogP contribution in [0, 0.1) is 5.92 Å². The van der Waals surface area contributed by atoms with Crippen LogP contribution in [0.25, 0.3) is 0 Å². The average molecular weight is 541 g/mol. The second kappa shape index (κ2) is 11.6. The van der Waals surface area contributed by atoms with Crippen molar-refractivity contribution in [2.75, 3.05) is 43.0 Å². The Kier molecular flexibility index (Phi) is 8.21. The Labute approximate surface area is 229 Å². The zero-order valence-corrected chi connectivity index (χ0v) is 22.8. The third kappa shape index (κ3) is 6.65. The van der Waals surface area contributed by atoms with Crippen LogP contribution in [0.3, 0.4) is 0 Å². The molecule has 1 aliphatic carbocycles. The van der Waals surface area contributed by atoms with E-state index in [1.165, 1.54) is 0 Å². The lowest BCUT2D eigenvalue weighted by molar-refractivity contribution is -0.120. The van der Waals surface area contributed by atoms with Crippen molar-refractivity contribution in [3.63, 3.8) is 0 Å². The second-order valence-corrected chi connectivity index (χ2v) is 11.6. The molecule has 0 unspecified atom stereocenters. The molecule has 0 bridgehead atoms. The first-order valence-electron chi connectivity index (χ1n) is 13.7. The molecule has 2 amide bonds. The van der Waals surface area contributed by atoms with Gasteiger partial charge in [-0.1, -0.05) is 11.6 Å².